The van der Waals surface area contributed by atoms with E-state index in [1.807, 2.05) is 6.07 Å². The van der Waals surface area contributed by atoms with Gasteiger partial charge in [-0.25, -0.2) is 0 Å². The fraction of sp³-hybridized carbons (Fsp3) is 0. The lowest BCUT2D eigenvalue weighted by molar-refractivity contribution is -0.385. The van der Waals surface area contributed by atoms with Gasteiger partial charge in [0.2, 0.25) is 0 Å². The van der Waals surface area contributed by atoms with E-state index in [-0.39, 0.29) is 22.7 Å². The summed E-state index contributed by atoms with van der Waals surface area (Å²) in [6.07, 6.45) is 0. The molecule has 0 atom stereocenters. The molecule has 2 aromatic rings. The minimum absolute atomic E-state index is 0.109. The van der Waals surface area contributed by atoms with E-state index < -0.39 is 4.92 Å². The number of hydrogen-bond acceptors (Lipinski definition) is 4. The summed E-state index contributed by atoms with van der Waals surface area (Å²) in [6.45, 7) is 0. The fourth-order valence-electron chi connectivity index (χ4n) is 1.52. The lowest BCUT2D eigenvalue weighted by atomic mass is 10.2. The summed E-state index contributed by atoms with van der Waals surface area (Å²) >= 11 is 8.96. The Labute approximate surface area is 127 Å². The van der Waals surface area contributed by atoms with Gasteiger partial charge in [-0.3, -0.25) is 10.1 Å². The maximum Gasteiger partial charge on any atom is 0.274 e. The monoisotopic (exact) mass is 352 g/mol. The molecule has 0 radical (unpaired) electrons. The molecule has 0 heterocycles. The second kappa shape index (κ2) is 5.90. The molecule has 2 rings (SSSR count). The van der Waals surface area contributed by atoms with Crippen molar-refractivity contribution in [1.82, 2.24) is 0 Å². The molecular formula is C13H6BrClN2O3. The molecule has 100 valence electrons. The molecule has 0 unspecified atom stereocenters. The number of nitriles is 1. The third-order valence-electron chi connectivity index (χ3n) is 2.36. The van der Waals surface area contributed by atoms with Crippen molar-refractivity contribution < 1.29 is 9.66 Å². The molecule has 7 heteroatoms. The number of nitro groups is 1. The Morgan fingerprint density at radius 1 is 1.30 bits per heavy atom. The number of hydrogen-bond donors (Lipinski definition) is 0. The number of nitro benzene ring substituents is 1. The first-order valence-corrected chi connectivity index (χ1v) is 6.49. The highest BCUT2D eigenvalue weighted by atomic mass is 79.9. The van der Waals surface area contributed by atoms with Gasteiger partial charge in [0.25, 0.3) is 5.69 Å². The Bertz CT molecular complexity index is 728. The van der Waals surface area contributed by atoms with Gasteiger partial charge in [0, 0.05) is 15.6 Å². The van der Waals surface area contributed by atoms with Crippen molar-refractivity contribution in [3.63, 3.8) is 0 Å². The van der Waals surface area contributed by atoms with Gasteiger partial charge >= 0.3 is 0 Å². The van der Waals surface area contributed by atoms with E-state index in [1.165, 1.54) is 24.3 Å². The highest BCUT2D eigenvalue weighted by Gasteiger charge is 2.12. The summed E-state index contributed by atoms with van der Waals surface area (Å²) in [5.74, 6) is 0.536. The van der Waals surface area contributed by atoms with E-state index >= 15 is 0 Å². The van der Waals surface area contributed by atoms with Crippen molar-refractivity contribution in [1.29, 1.82) is 5.26 Å². The predicted octanol–water partition coefficient (Wildman–Crippen LogP) is 4.67. The number of benzene rings is 2. The number of ether oxygens (including phenoxy) is 1. The number of rotatable bonds is 3. The molecule has 0 spiro atoms. The molecule has 5 nitrogen and oxygen atoms in total. The largest absolute Gasteiger partial charge is 0.456 e. The average molecular weight is 354 g/mol. The summed E-state index contributed by atoms with van der Waals surface area (Å²) in [5, 5.41) is 20.2. The zero-order chi connectivity index (χ0) is 14.7. The smallest absolute Gasteiger partial charge is 0.274 e. The van der Waals surface area contributed by atoms with Crippen LogP contribution in [-0.2, 0) is 0 Å². The first-order chi connectivity index (χ1) is 9.49. The van der Waals surface area contributed by atoms with Crippen molar-refractivity contribution in [3.05, 3.63) is 61.6 Å². The molecule has 0 aliphatic rings. The van der Waals surface area contributed by atoms with Crippen molar-refractivity contribution in [2.75, 3.05) is 0 Å². The first-order valence-electron chi connectivity index (χ1n) is 5.32. The molecular weight excluding hydrogens is 348 g/mol. The zero-order valence-electron chi connectivity index (χ0n) is 9.84. The molecule has 0 aliphatic heterocycles. The van der Waals surface area contributed by atoms with Gasteiger partial charge in [0.15, 0.2) is 0 Å². The average Bonchev–Trinajstić information content (AvgIpc) is 2.40. The first kappa shape index (κ1) is 14.3. The molecule has 0 saturated heterocycles. The number of non-ortho nitro benzene ring substituents is 1. The summed E-state index contributed by atoms with van der Waals surface area (Å²) in [5.41, 5.74) is 0.141. The Balaban J connectivity index is 2.40. The highest BCUT2D eigenvalue weighted by molar-refractivity contribution is 9.10. The minimum atomic E-state index is -0.523. The Kier molecular flexibility index (Phi) is 4.23. The summed E-state index contributed by atoms with van der Waals surface area (Å²) < 4.78 is 6.02. The lowest BCUT2D eigenvalue weighted by Gasteiger charge is -2.08. The molecule has 2 aromatic carbocycles. The van der Waals surface area contributed by atoms with Crippen LogP contribution in [-0.4, -0.2) is 4.92 Å². The van der Waals surface area contributed by atoms with E-state index in [4.69, 9.17) is 21.6 Å². The molecule has 20 heavy (non-hydrogen) atoms. The van der Waals surface area contributed by atoms with Crippen LogP contribution in [0.25, 0.3) is 0 Å². The van der Waals surface area contributed by atoms with Crippen LogP contribution in [0.4, 0.5) is 5.69 Å². The molecule has 0 fully saturated rings. The molecule has 0 saturated carbocycles. The Morgan fingerprint density at radius 2 is 2.05 bits per heavy atom. The van der Waals surface area contributed by atoms with Gasteiger partial charge < -0.3 is 4.74 Å². The van der Waals surface area contributed by atoms with Gasteiger partial charge in [0.05, 0.1) is 16.6 Å². The van der Waals surface area contributed by atoms with Crippen LogP contribution in [0.1, 0.15) is 5.56 Å². The van der Waals surface area contributed by atoms with E-state index in [2.05, 4.69) is 15.9 Å². The van der Waals surface area contributed by atoms with E-state index in [1.54, 1.807) is 12.1 Å². The topological polar surface area (TPSA) is 76.2 Å². The van der Waals surface area contributed by atoms with Crippen molar-refractivity contribution >= 4 is 33.2 Å². The zero-order valence-corrected chi connectivity index (χ0v) is 12.2. The van der Waals surface area contributed by atoms with Gasteiger partial charge in [-0.2, -0.15) is 5.26 Å². The van der Waals surface area contributed by atoms with Gasteiger partial charge in [-0.05, 0) is 24.3 Å². The third-order valence-corrected chi connectivity index (χ3v) is 3.05. The van der Waals surface area contributed by atoms with Gasteiger partial charge in [-0.1, -0.05) is 27.5 Å². The lowest BCUT2D eigenvalue weighted by Crippen LogP contribution is -1.92. The van der Waals surface area contributed by atoms with Crippen LogP contribution >= 0.6 is 27.5 Å². The SMILES string of the molecule is N#Cc1cc(Cl)ccc1Oc1cc(Br)cc([N+](=O)[O-])c1. The van der Waals surface area contributed by atoms with Gasteiger partial charge in [-0.15, -0.1) is 0 Å². The summed E-state index contributed by atoms with van der Waals surface area (Å²) in [7, 11) is 0. The quantitative estimate of drug-likeness (QED) is 0.593. The van der Waals surface area contributed by atoms with Crippen molar-refractivity contribution in [2.45, 2.75) is 0 Å². The van der Waals surface area contributed by atoms with Crippen LogP contribution in [0.2, 0.25) is 5.02 Å². The van der Waals surface area contributed by atoms with Crippen molar-refractivity contribution in [2.24, 2.45) is 0 Å². The molecule has 0 bridgehead atoms. The van der Waals surface area contributed by atoms with Crippen LogP contribution in [0.5, 0.6) is 11.5 Å². The maximum atomic E-state index is 10.8. The fourth-order valence-corrected chi connectivity index (χ4v) is 2.15. The normalized spacial score (nSPS) is 9.85. The standard InChI is InChI=1S/C13H6BrClN2O3/c14-9-4-11(17(18)19)6-12(5-9)20-13-2-1-10(15)3-8(13)7-16/h1-6H. The molecule has 0 aromatic heterocycles. The Morgan fingerprint density at radius 3 is 2.70 bits per heavy atom. The van der Waals surface area contributed by atoms with Gasteiger partial charge in [0.1, 0.15) is 17.6 Å². The number of nitrogens with zero attached hydrogens (tertiary/aromatic N) is 2. The highest BCUT2D eigenvalue weighted by Crippen LogP contribution is 2.32. The summed E-state index contributed by atoms with van der Waals surface area (Å²) in [6, 6.07) is 10.7. The second-order valence-corrected chi connectivity index (χ2v) is 5.11. The second-order valence-electron chi connectivity index (χ2n) is 3.76. The third kappa shape index (κ3) is 3.26. The maximum absolute atomic E-state index is 10.8. The van der Waals surface area contributed by atoms with E-state index in [0.717, 1.165) is 0 Å². The van der Waals surface area contributed by atoms with Crippen LogP contribution in [0.3, 0.4) is 0 Å². The van der Waals surface area contributed by atoms with E-state index in [9.17, 15) is 10.1 Å². The van der Waals surface area contributed by atoms with E-state index in [0.29, 0.717) is 9.50 Å². The minimum Gasteiger partial charge on any atom is -0.456 e. The van der Waals surface area contributed by atoms with Crippen molar-refractivity contribution in [3.8, 4) is 17.6 Å². The number of halogens is 2. The predicted molar refractivity (Wildman–Crippen MR) is 77.0 cm³/mol. The molecule has 0 amide bonds. The van der Waals surface area contributed by atoms with Crippen LogP contribution < -0.4 is 4.74 Å². The molecule has 0 aliphatic carbocycles. The van der Waals surface area contributed by atoms with Crippen LogP contribution in [0.15, 0.2) is 40.9 Å². The van der Waals surface area contributed by atoms with Crippen LogP contribution in [0, 0.1) is 21.4 Å². The Hall–Kier alpha value is -2.10. The molecule has 0 N–H and O–H groups in total. The summed E-state index contributed by atoms with van der Waals surface area (Å²) in [4.78, 5) is 10.3.